The third kappa shape index (κ3) is 5.19. The summed E-state index contributed by atoms with van der Waals surface area (Å²) >= 11 is 0. The molecule has 2 aromatic rings. The first kappa shape index (κ1) is 15.5. The predicted octanol–water partition coefficient (Wildman–Crippen LogP) is 2.42. The highest BCUT2D eigenvalue weighted by Crippen LogP contribution is 2.12. The number of hydrogen-bond acceptors (Lipinski definition) is 4. The molecule has 114 valence electrons. The Balaban J connectivity index is 1.72. The Morgan fingerprint density at radius 3 is 2.71 bits per heavy atom. The molecule has 1 aromatic carbocycles. The fourth-order valence-electron chi connectivity index (χ4n) is 2.00. The largest absolute Gasteiger partial charge is 0.492 e. The molecule has 21 heavy (non-hydrogen) atoms. The van der Waals surface area contributed by atoms with E-state index in [0.29, 0.717) is 13.2 Å². The molecule has 1 heterocycles. The fourth-order valence-corrected chi connectivity index (χ4v) is 2.00. The van der Waals surface area contributed by atoms with Gasteiger partial charge >= 0.3 is 0 Å². The van der Waals surface area contributed by atoms with Crippen molar-refractivity contribution < 1.29 is 4.74 Å². The van der Waals surface area contributed by atoms with Crippen LogP contribution in [0.5, 0.6) is 5.75 Å². The number of benzene rings is 1. The Kier molecular flexibility index (Phi) is 6.22. The van der Waals surface area contributed by atoms with E-state index >= 15 is 0 Å². The van der Waals surface area contributed by atoms with Crippen LogP contribution in [0.1, 0.15) is 31.5 Å². The Bertz CT molecular complexity index is 521. The van der Waals surface area contributed by atoms with Crippen molar-refractivity contribution in [3.8, 4) is 5.75 Å². The number of nitrogens with zero attached hydrogens (tertiary/aromatic N) is 3. The molecule has 2 rings (SSSR count). The van der Waals surface area contributed by atoms with Gasteiger partial charge in [0.05, 0.1) is 12.2 Å². The van der Waals surface area contributed by atoms with Crippen molar-refractivity contribution in [3.63, 3.8) is 0 Å². The molecule has 0 saturated carbocycles. The topological polar surface area (TPSA) is 52.0 Å². The van der Waals surface area contributed by atoms with E-state index in [4.69, 9.17) is 4.74 Å². The van der Waals surface area contributed by atoms with Crippen LogP contribution < -0.4 is 10.1 Å². The first-order chi connectivity index (χ1) is 10.3. The van der Waals surface area contributed by atoms with Crippen molar-refractivity contribution >= 4 is 0 Å². The minimum absolute atomic E-state index is 0.594. The number of aryl methyl sites for hydroxylation is 1. The van der Waals surface area contributed by atoms with E-state index in [1.54, 1.807) is 0 Å². The summed E-state index contributed by atoms with van der Waals surface area (Å²) in [4.78, 5) is 0. The van der Waals surface area contributed by atoms with Gasteiger partial charge in [-0.3, -0.25) is 0 Å². The van der Waals surface area contributed by atoms with E-state index < -0.39 is 0 Å². The molecule has 0 aliphatic rings. The molecule has 0 bridgehead atoms. The Morgan fingerprint density at radius 2 is 2.00 bits per heavy atom. The molecular formula is C16H24N4O. The van der Waals surface area contributed by atoms with Crippen molar-refractivity contribution in [2.24, 2.45) is 0 Å². The lowest BCUT2D eigenvalue weighted by molar-refractivity contribution is 0.289. The van der Waals surface area contributed by atoms with Gasteiger partial charge in [-0.1, -0.05) is 31.2 Å². The first-order valence-electron chi connectivity index (χ1n) is 7.63. The van der Waals surface area contributed by atoms with E-state index in [0.717, 1.165) is 37.4 Å². The normalized spacial score (nSPS) is 10.8. The second kappa shape index (κ2) is 8.42. The molecule has 0 fully saturated rings. The molecule has 0 atom stereocenters. The average molecular weight is 288 g/mol. The van der Waals surface area contributed by atoms with Crippen molar-refractivity contribution in [2.45, 2.75) is 39.8 Å². The summed E-state index contributed by atoms with van der Waals surface area (Å²) in [6, 6.07) is 8.23. The van der Waals surface area contributed by atoms with Gasteiger partial charge in [-0.25, -0.2) is 4.68 Å². The molecule has 0 unspecified atom stereocenters. The summed E-state index contributed by atoms with van der Waals surface area (Å²) in [5.74, 6) is 0.900. The van der Waals surface area contributed by atoms with Crippen molar-refractivity contribution in [3.05, 3.63) is 41.7 Å². The van der Waals surface area contributed by atoms with Crippen LogP contribution >= 0.6 is 0 Å². The van der Waals surface area contributed by atoms with Gasteiger partial charge in [-0.15, -0.1) is 5.10 Å². The second-order valence-electron chi connectivity index (χ2n) is 5.00. The van der Waals surface area contributed by atoms with Crippen LogP contribution in [0.4, 0.5) is 0 Å². The number of nitrogens with one attached hydrogen (secondary N) is 1. The molecule has 5 nitrogen and oxygen atoms in total. The van der Waals surface area contributed by atoms with Crippen LogP contribution in [0, 0.1) is 0 Å². The van der Waals surface area contributed by atoms with E-state index in [-0.39, 0.29) is 0 Å². The van der Waals surface area contributed by atoms with Gasteiger partial charge < -0.3 is 10.1 Å². The van der Waals surface area contributed by atoms with Gasteiger partial charge in [0.1, 0.15) is 12.4 Å². The summed E-state index contributed by atoms with van der Waals surface area (Å²) in [5, 5.41) is 11.5. The van der Waals surface area contributed by atoms with Crippen LogP contribution in [0.3, 0.4) is 0 Å². The smallest absolute Gasteiger partial charge is 0.119 e. The zero-order valence-electron chi connectivity index (χ0n) is 12.9. The summed E-state index contributed by atoms with van der Waals surface area (Å²) in [7, 11) is 0. The number of hydrogen-bond donors (Lipinski definition) is 1. The molecule has 0 radical (unpaired) electrons. The maximum atomic E-state index is 5.71. The van der Waals surface area contributed by atoms with Crippen molar-refractivity contribution in [1.29, 1.82) is 0 Å². The van der Waals surface area contributed by atoms with Gasteiger partial charge in [-0.05, 0) is 37.1 Å². The molecule has 5 heteroatoms. The quantitative estimate of drug-likeness (QED) is 0.720. The van der Waals surface area contributed by atoms with Gasteiger partial charge in [0.15, 0.2) is 0 Å². The lowest BCUT2D eigenvalue weighted by atomic mass is 10.2. The van der Waals surface area contributed by atoms with Crippen molar-refractivity contribution in [1.82, 2.24) is 20.3 Å². The fraction of sp³-hybridized carbons (Fsp3) is 0.500. The highest BCUT2D eigenvalue weighted by molar-refractivity contribution is 5.27. The minimum atomic E-state index is 0.594. The molecule has 0 aliphatic carbocycles. The van der Waals surface area contributed by atoms with Crippen LogP contribution in [0.25, 0.3) is 0 Å². The predicted molar refractivity (Wildman–Crippen MR) is 83.3 cm³/mol. The maximum Gasteiger partial charge on any atom is 0.119 e. The molecule has 0 saturated heterocycles. The lowest BCUT2D eigenvalue weighted by Crippen LogP contribution is -2.14. The maximum absolute atomic E-state index is 5.71. The SMILES string of the molecule is CCCNCc1cn(CCOc2ccc(CC)cc2)nn1. The van der Waals surface area contributed by atoms with Gasteiger partial charge in [-0.2, -0.15) is 0 Å². The monoisotopic (exact) mass is 288 g/mol. The molecule has 1 aromatic heterocycles. The number of ether oxygens (including phenoxy) is 1. The third-order valence-corrected chi connectivity index (χ3v) is 3.24. The summed E-state index contributed by atoms with van der Waals surface area (Å²) in [5.41, 5.74) is 2.29. The van der Waals surface area contributed by atoms with E-state index in [9.17, 15) is 0 Å². The van der Waals surface area contributed by atoms with Gasteiger partial charge in [0.2, 0.25) is 0 Å². The average Bonchev–Trinajstić information content (AvgIpc) is 2.96. The summed E-state index contributed by atoms with van der Waals surface area (Å²) in [6.45, 7) is 7.37. The number of aromatic nitrogens is 3. The molecule has 0 aliphatic heterocycles. The minimum Gasteiger partial charge on any atom is -0.492 e. The molecular weight excluding hydrogens is 264 g/mol. The first-order valence-corrected chi connectivity index (χ1v) is 7.63. The molecule has 0 spiro atoms. The van der Waals surface area contributed by atoms with Crippen LogP contribution in [-0.2, 0) is 19.5 Å². The van der Waals surface area contributed by atoms with E-state index in [1.165, 1.54) is 5.56 Å². The Labute approximate surface area is 126 Å². The lowest BCUT2D eigenvalue weighted by Gasteiger charge is -2.06. The van der Waals surface area contributed by atoms with Crippen LogP contribution in [0.15, 0.2) is 30.5 Å². The van der Waals surface area contributed by atoms with Gasteiger partial charge in [0, 0.05) is 12.7 Å². The Morgan fingerprint density at radius 1 is 1.19 bits per heavy atom. The second-order valence-corrected chi connectivity index (χ2v) is 5.00. The third-order valence-electron chi connectivity index (χ3n) is 3.24. The molecule has 0 amide bonds. The van der Waals surface area contributed by atoms with E-state index in [1.807, 2.05) is 23.0 Å². The zero-order chi connectivity index (χ0) is 14.9. The van der Waals surface area contributed by atoms with Gasteiger partial charge in [0.25, 0.3) is 0 Å². The Hall–Kier alpha value is -1.88. The zero-order valence-corrected chi connectivity index (χ0v) is 12.9. The van der Waals surface area contributed by atoms with Crippen molar-refractivity contribution in [2.75, 3.05) is 13.2 Å². The highest BCUT2D eigenvalue weighted by atomic mass is 16.5. The van der Waals surface area contributed by atoms with E-state index in [2.05, 4.69) is 41.6 Å². The number of rotatable bonds is 9. The van der Waals surface area contributed by atoms with Crippen LogP contribution in [-0.4, -0.2) is 28.1 Å². The van der Waals surface area contributed by atoms with Crippen LogP contribution in [0.2, 0.25) is 0 Å². The summed E-state index contributed by atoms with van der Waals surface area (Å²) in [6.07, 6.45) is 4.14. The highest BCUT2D eigenvalue weighted by Gasteiger charge is 2.01. The summed E-state index contributed by atoms with van der Waals surface area (Å²) < 4.78 is 7.54. The standard InChI is InChI=1S/C16H24N4O/c1-3-9-17-12-15-13-20(19-18-15)10-11-21-16-7-5-14(4-2)6-8-16/h5-8,13,17H,3-4,9-12H2,1-2H3. The molecule has 1 N–H and O–H groups in total.